The number of aliphatic hydroxyl groups is 2. The molecule has 1 aliphatic rings. The summed E-state index contributed by atoms with van der Waals surface area (Å²) in [5, 5.41) is 28.5. The quantitative estimate of drug-likeness (QED) is 0.178. The molecule has 1 aliphatic heterocycles. The van der Waals surface area contributed by atoms with Crippen LogP contribution in [0.5, 0.6) is 5.75 Å². The molecule has 0 bridgehead atoms. The Balaban J connectivity index is 0.00000307. The first-order valence-corrected chi connectivity index (χ1v) is 17.9. The van der Waals surface area contributed by atoms with Crippen molar-refractivity contribution in [3.63, 3.8) is 0 Å². The van der Waals surface area contributed by atoms with Gasteiger partial charge in [-0.3, -0.25) is 24.2 Å². The Labute approximate surface area is 289 Å². The molecule has 0 aliphatic carbocycles. The zero-order valence-electron chi connectivity index (χ0n) is 27.8. The highest BCUT2D eigenvalue weighted by Gasteiger charge is 2.41. The second-order valence-corrected chi connectivity index (χ2v) is 13.9. The minimum atomic E-state index is -1.64. The molecule has 12 nitrogen and oxygen atoms in total. The summed E-state index contributed by atoms with van der Waals surface area (Å²) in [6, 6.07) is 13.7. The number of nitrogens with zero attached hydrogens (tertiary/aromatic N) is 2. The minimum absolute atomic E-state index is 0.151. The smallest absolute Gasteiger partial charge is 0.258 e. The van der Waals surface area contributed by atoms with Crippen LogP contribution in [0.25, 0.3) is 10.8 Å². The van der Waals surface area contributed by atoms with Gasteiger partial charge < -0.3 is 35.8 Å². The largest absolute Gasteiger partial charge is 0.483 e. The van der Waals surface area contributed by atoms with Crippen LogP contribution in [-0.2, 0) is 25.6 Å². The first kappa shape index (κ1) is 38.6. The SMILES string of the molecule is CO.CSC[C@H](NC(=O)COc1cccc2cnccc12)C(=O)N[C@@H](Cc1ccccc1)[C@H](O)C(=O)N1CSC[C@H]1C(=O)NC(C)(C)C. The lowest BCUT2D eigenvalue weighted by Gasteiger charge is -2.32. The van der Waals surface area contributed by atoms with Crippen LogP contribution in [0, 0.1) is 0 Å². The summed E-state index contributed by atoms with van der Waals surface area (Å²) in [6.07, 6.45) is 3.67. The number of benzene rings is 2. The predicted molar refractivity (Wildman–Crippen MR) is 190 cm³/mol. The van der Waals surface area contributed by atoms with Crippen LogP contribution in [0.15, 0.2) is 67.0 Å². The molecule has 48 heavy (non-hydrogen) atoms. The topological polar surface area (TPSA) is 170 Å². The lowest BCUT2D eigenvalue weighted by Crippen LogP contribution is -2.59. The van der Waals surface area contributed by atoms with Crippen molar-refractivity contribution in [3.8, 4) is 5.75 Å². The molecular formula is C34H45N5O7S2. The molecule has 0 saturated carbocycles. The molecule has 1 fully saturated rings. The number of carbonyl (C=O) groups is 4. The Bertz CT molecular complexity index is 1520. The normalized spacial score (nSPS) is 16.1. The molecule has 4 rings (SSSR count). The highest BCUT2D eigenvalue weighted by molar-refractivity contribution is 7.99. The molecule has 2 heterocycles. The van der Waals surface area contributed by atoms with Gasteiger partial charge >= 0.3 is 0 Å². The van der Waals surface area contributed by atoms with Gasteiger partial charge in [0.15, 0.2) is 12.7 Å². The number of hydrogen-bond donors (Lipinski definition) is 5. The summed E-state index contributed by atoms with van der Waals surface area (Å²) < 4.78 is 5.78. The highest BCUT2D eigenvalue weighted by Crippen LogP contribution is 2.25. The molecule has 260 valence electrons. The van der Waals surface area contributed by atoms with Crippen molar-refractivity contribution in [1.29, 1.82) is 0 Å². The van der Waals surface area contributed by atoms with Crippen molar-refractivity contribution >= 4 is 57.9 Å². The van der Waals surface area contributed by atoms with E-state index in [-0.39, 0.29) is 30.6 Å². The molecule has 2 aromatic carbocycles. The number of hydrogen-bond acceptors (Lipinski definition) is 10. The average Bonchev–Trinajstić information content (AvgIpc) is 3.57. The van der Waals surface area contributed by atoms with Crippen LogP contribution in [0.4, 0.5) is 0 Å². The molecule has 1 aromatic heterocycles. The first-order valence-electron chi connectivity index (χ1n) is 15.4. The predicted octanol–water partition coefficient (Wildman–Crippen LogP) is 1.97. The van der Waals surface area contributed by atoms with E-state index in [1.54, 1.807) is 36.8 Å². The highest BCUT2D eigenvalue weighted by atomic mass is 32.2. The number of pyridine rings is 1. The standard InChI is InChI=1S/C33H41N5O6S2.CH4O/c1-33(2,3)37-31(42)26-19-46-20-38(26)32(43)29(40)24(15-21-9-6-5-7-10-21)36-30(41)25(18-45-4)35-28(39)17-44-27-12-8-11-22-16-34-14-13-23(22)27;1-2/h5-14,16,24-26,29,40H,15,17-20H2,1-4H3,(H,35,39)(H,36,41)(H,37,42);2H,1H3/t24-,25-,26-,29-;/m0./s1. The summed E-state index contributed by atoms with van der Waals surface area (Å²) in [5.74, 6) is -0.602. The third-order valence-electron chi connectivity index (χ3n) is 7.21. The van der Waals surface area contributed by atoms with E-state index < -0.39 is 47.5 Å². The number of aliphatic hydroxyl groups excluding tert-OH is 2. The molecule has 3 aromatic rings. The Morgan fingerprint density at radius 1 is 1.06 bits per heavy atom. The Kier molecular flexibility index (Phi) is 15.0. The second kappa shape index (κ2) is 18.6. The Morgan fingerprint density at radius 3 is 2.48 bits per heavy atom. The van der Waals surface area contributed by atoms with Crippen molar-refractivity contribution in [3.05, 3.63) is 72.6 Å². The van der Waals surface area contributed by atoms with Crippen LogP contribution in [0.3, 0.4) is 0 Å². The van der Waals surface area contributed by atoms with Gasteiger partial charge in [-0.2, -0.15) is 11.8 Å². The fourth-order valence-corrected chi connectivity index (χ4v) is 6.74. The summed E-state index contributed by atoms with van der Waals surface area (Å²) in [7, 11) is 1.00. The maximum absolute atomic E-state index is 13.7. The first-order chi connectivity index (χ1) is 23.0. The van der Waals surface area contributed by atoms with Gasteiger partial charge in [-0.25, -0.2) is 0 Å². The summed E-state index contributed by atoms with van der Waals surface area (Å²) in [6.45, 7) is 5.25. The van der Waals surface area contributed by atoms with Crippen molar-refractivity contribution in [2.45, 2.75) is 57.0 Å². The van der Waals surface area contributed by atoms with E-state index in [1.807, 2.05) is 57.2 Å². The molecule has 5 N–H and O–H groups in total. The van der Waals surface area contributed by atoms with E-state index >= 15 is 0 Å². The van der Waals surface area contributed by atoms with E-state index in [4.69, 9.17) is 9.84 Å². The third-order valence-corrected chi connectivity index (χ3v) is 8.89. The molecule has 4 atom stereocenters. The van der Waals surface area contributed by atoms with Gasteiger partial charge in [-0.15, -0.1) is 11.8 Å². The monoisotopic (exact) mass is 699 g/mol. The van der Waals surface area contributed by atoms with Gasteiger partial charge in [0, 0.05) is 47.3 Å². The summed E-state index contributed by atoms with van der Waals surface area (Å²) >= 11 is 2.78. The molecule has 14 heteroatoms. The molecule has 4 amide bonds. The number of aromatic nitrogens is 1. The van der Waals surface area contributed by atoms with E-state index in [9.17, 15) is 24.3 Å². The number of amides is 4. The van der Waals surface area contributed by atoms with E-state index in [1.165, 1.54) is 28.4 Å². The van der Waals surface area contributed by atoms with Crippen LogP contribution < -0.4 is 20.7 Å². The van der Waals surface area contributed by atoms with Crippen LogP contribution in [0.1, 0.15) is 26.3 Å². The van der Waals surface area contributed by atoms with E-state index in [0.29, 0.717) is 11.5 Å². The van der Waals surface area contributed by atoms with Gasteiger partial charge in [0.2, 0.25) is 11.8 Å². The number of nitrogens with one attached hydrogen (secondary N) is 3. The zero-order valence-corrected chi connectivity index (χ0v) is 29.5. The second-order valence-electron chi connectivity index (χ2n) is 12.0. The number of carbonyl (C=O) groups excluding carboxylic acids is 4. The number of thioether (sulfide) groups is 2. The fraction of sp³-hybridized carbons (Fsp3) is 0.441. The van der Waals surface area contributed by atoms with Crippen molar-refractivity contribution in [1.82, 2.24) is 25.8 Å². The molecule has 0 spiro atoms. The number of ether oxygens (including phenoxy) is 1. The summed E-state index contributed by atoms with van der Waals surface area (Å²) in [4.78, 5) is 58.7. The Morgan fingerprint density at radius 2 is 1.79 bits per heavy atom. The minimum Gasteiger partial charge on any atom is -0.483 e. The zero-order chi connectivity index (χ0) is 35.3. The van der Waals surface area contributed by atoms with Crippen LogP contribution in [-0.4, -0.2) is 111 Å². The van der Waals surface area contributed by atoms with Gasteiger partial charge in [-0.05, 0) is 51.1 Å². The summed E-state index contributed by atoms with van der Waals surface area (Å²) in [5.41, 5.74) is 0.303. The molecule has 0 unspecified atom stereocenters. The maximum Gasteiger partial charge on any atom is 0.258 e. The average molecular weight is 700 g/mol. The third kappa shape index (κ3) is 11.1. The van der Waals surface area contributed by atoms with Crippen molar-refractivity contribution < 1.29 is 34.1 Å². The molecular weight excluding hydrogens is 655 g/mol. The van der Waals surface area contributed by atoms with Crippen LogP contribution in [0.2, 0.25) is 0 Å². The van der Waals surface area contributed by atoms with Crippen molar-refractivity contribution in [2.24, 2.45) is 0 Å². The van der Waals surface area contributed by atoms with Gasteiger partial charge in [0.25, 0.3) is 11.8 Å². The number of rotatable bonds is 13. The number of fused-ring (bicyclic) bond motifs is 1. The lowest BCUT2D eigenvalue weighted by atomic mass is 9.99. The maximum atomic E-state index is 13.7. The van der Waals surface area contributed by atoms with Crippen LogP contribution >= 0.6 is 23.5 Å². The van der Waals surface area contributed by atoms with E-state index in [2.05, 4.69) is 20.9 Å². The lowest BCUT2D eigenvalue weighted by molar-refractivity contribution is -0.147. The van der Waals surface area contributed by atoms with Gasteiger partial charge in [0.1, 0.15) is 17.8 Å². The molecule has 0 radical (unpaired) electrons. The van der Waals surface area contributed by atoms with Gasteiger partial charge in [0.05, 0.1) is 11.9 Å². The van der Waals surface area contributed by atoms with Gasteiger partial charge in [-0.1, -0.05) is 42.5 Å². The van der Waals surface area contributed by atoms with Crippen molar-refractivity contribution in [2.75, 3.05) is 37.4 Å². The Hall–Kier alpha value is -3.85. The molecule has 1 saturated heterocycles. The van der Waals surface area contributed by atoms with E-state index in [0.717, 1.165) is 23.4 Å². The fourth-order valence-electron chi connectivity index (χ4n) is 5.01.